The summed E-state index contributed by atoms with van der Waals surface area (Å²) in [5, 5.41) is 23.1. The van der Waals surface area contributed by atoms with Crippen LogP contribution in [0.1, 0.15) is 373 Å². The third kappa shape index (κ3) is 63.0. The van der Waals surface area contributed by atoms with Crippen LogP contribution in [0.15, 0.2) is 48.6 Å². The molecule has 0 saturated heterocycles. The molecule has 0 rings (SSSR count). The minimum atomic E-state index is -0.842. The first-order valence-electron chi connectivity index (χ1n) is 34.9. The summed E-state index contributed by atoms with van der Waals surface area (Å²) in [6.45, 7) is 4.90. The molecule has 0 heterocycles. The van der Waals surface area contributed by atoms with Gasteiger partial charge in [-0.2, -0.15) is 0 Å². The molecule has 78 heavy (non-hydrogen) atoms. The minimum absolute atomic E-state index is 0.00441. The summed E-state index contributed by atoms with van der Waals surface area (Å²) in [7, 11) is 0. The van der Waals surface area contributed by atoms with Crippen molar-refractivity contribution in [3.8, 4) is 0 Å². The van der Waals surface area contributed by atoms with Crippen molar-refractivity contribution >= 4 is 11.9 Å². The summed E-state index contributed by atoms with van der Waals surface area (Å²) in [6.07, 6.45) is 87.7. The number of ether oxygens (including phenoxy) is 1. The highest BCUT2D eigenvalue weighted by molar-refractivity contribution is 5.76. The molecule has 0 bridgehead atoms. The summed E-state index contributed by atoms with van der Waals surface area (Å²) >= 11 is 0. The zero-order valence-electron chi connectivity index (χ0n) is 52.4. The Labute approximate surface area is 486 Å². The predicted molar refractivity (Wildman–Crippen MR) is 342 cm³/mol. The summed E-state index contributed by atoms with van der Waals surface area (Å²) in [4.78, 5) is 24.5. The van der Waals surface area contributed by atoms with Crippen LogP contribution >= 0.6 is 0 Å². The smallest absolute Gasteiger partial charge is 0.305 e. The van der Waals surface area contributed by atoms with Crippen molar-refractivity contribution in [2.24, 2.45) is 0 Å². The van der Waals surface area contributed by atoms with Gasteiger partial charge in [0.2, 0.25) is 5.91 Å². The van der Waals surface area contributed by atoms with Gasteiger partial charge in [-0.15, -0.1) is 0 Å². The van der Waals surface area contributed by atoms with Crippen LogP contribution in [-0.4, -0.2) is 47.4 Å². The average Bonchev–Trinajstić information content (AvgIpc) is 3.44. The Balaban J connectivity index is 3.36. The van der Waals surface area contributed by atoms with Crippen molar-refractivity contribution in [1.29, 1.82) is 0 Å². The van der Waals surface area contributed by atoms with Gasteiger partial charge in [-0.3, -0.25) is 9.59 Å². The number of amides is 1. The van der Waals surface area contributed by atoms with Crippen LogP contribution in [0.5, 0.6) is 0 Å². The molecule has 0 fully saturated rings. The zero-order valence-corrected chi connectivity index (χ0v) is 52.4. The van der Waals surface area contributed by atoms with E-state index in [-0.39, 0.29) is 18.5 Å². The number of hydrogen-bond donors (Lipinski definition) is 3. The van der Waals surface area contributed by atoms with Crippen LogP contribution in [-0.2, 0) is 14.3 Å². The number of carbonyl (C=O) groups is 2. The second kappa shape index (κ2) is 67.3. The van der Waals surface area contributed by atoms with Crippen LogP contribution in [0, 0.1) is 0 Å². The SMILES string of the molecule is CCCCCC/C=C\C/C=C\CCCCCCCC(=O)OCCCCCCCCCCCCCC/C=C\CCCCCCCCCCCCCCCCCCC(=O)NC(CO)C(O)/C=C/CCCCCCCCCCCCC. The van der Waals surface area contributed by atoms with Crippen molar-refractivity contribution in [2.75, 3.05) is 13.2 Å². The maximum Gasteiger partial charge on any atom is 0.305 e. The molecule has 458 valence electrons. The topological polar surface area (TPSA) is 95.9 Å². The van der Waals surface area contributed by atoms with E-state index in [0.29, 0.717) is 19.4 Å². The molecule has 0 aliphatic rings. The molecule has 0 aromatic heterocycles. The standard InChI is InChI=1S/C72H135NO5/c1-3-5-7-9-11-13-15-17-18-38-42-46-50-54-58-62-66-72(77)78-67-63-59-55-51-47-43-39-36-34-32-30-28-26-24-22-20-19-21-23-25-27-29-31-33-35-37-41-45-49-53-57-61-65-71(76)73-69(68-74)70(75)64-60-56-52-48-44-40-16-14-12-10-8-6-4-2/h13,15,18,22,24,38,60,64,69-70,74-75H,3-12,14,16-17,19-21,23,25-37,39-59,61-63,65-68H2,1-2H3,(H,73,76)/b15-13-,24-22-,38-18-,64-60+. The van der Waals surface area contributed by atoms with Crippen molar-refractivity contribution in [3.05, 3.63) is 48.6 Å². The van der Waals surface area contributed by atoms with E-state index >= 15 is 0 Å². The molecule has 2 atom stereocenters. The van der Waals surface area contributed by atoms with Gasteiger partial charge in [0.25, 0.3) is 0 Å². The van der Waals surface area contributed by atoms with Crippen molar-refractivity contribution in [2.45, 2.75) is 386 Å². The quantitative estimate of drug-likeness (QED) is 0.0320. The number of nitrogens with one attached hydrogen (secondary N) is 1. The summed E-state index contributed by atoms with van der Waals surface area (Å²) in [5.41, 5.74) is 0. The number of unbranched alkanes of at least 4 members (excludes halogenated alkanes) is 48. The monoisotopic (exact) mass is 1090 g/mol. The van der Waals surface area contributed by atoms with Gasteiger partial charge in [0.05, 0.1) is 25.4 Å². The van der Waals surface area contributed by atoms with E-state index in [1.807, 2.05) is 6.08 Å². The predicted octanol–water partition coefficient (Wildman–Crippen LogP) is 22.5. The number of esters is 1. The molecule has 2 unspecified atom stereocenters. The van der Waals surface area contributed by atoms with E-state index in [4.69, 9.17) is 4.74 Å². The second-order valence-corrected chi connectivity index (χ2v) is 23.9. The fourth-order valence-electron chi connectivity index (χ4n) is 10.7. The fourth-order valence-corrected chi connectivity index (χ4v) is 10.7. The number of aliphatic hydroxyl groups is 2. The Morgan fingerprint density at radius 3 is 1.00 bits per heavy atom. The number of rotatable bonds is 65. The zero-order chi connectivity index (χ0) is 56.4. The molecule has 0 aliphatic carbocycles. The van der Waals surface area contributed by atoms with Crippen LogP contribution in [0.4, 0.5) is 0 Å². The first-order valence-corrected chi connectivity index (χ1v) is 34.9. The molecule has 0 aromatic rings. The fraction of sp³-hybridized carbons (Fsp3) is 0.861. The molecule has 0 aliphatic heterocycles. The highest BCUT2D eigenvalue weighted by Gasteiger charge is 2.18. The van der Waals surface area contributed by atoms with Gasteiger partial charge in [0.15, 0.2) is 0 Å². The van der Waals surface area contributed by atoms with Gasteiger partial charge in [-0.25, -0.2) is 0 Å². The number of carbonyl (C=O) groups excluding carboxylic acids is 2. The van der Waals surface area contributed by atoms with E-state index in [1.165, 1.54) is 295 Å². The minimum Gasteiger partial charge on any atom is -0.466 e. The summed E-state index contributed by atoms with van der Waals surface area (Å²) < 4.78 is 5.49. The van der Waals surface area contributed by atoms with E-state index < -0.39 is 12.1 Å². The first kappa shape index (κ1) is 75.8. The van der Waals surface area contributed by atoms with E-state index in [0.717, 1.165) is 51.4 Å². The highest BCUT2D eigenvalue weighted by atomic mass is 16.5. The van der Waals surface area contributed by atoms with E-state index in [1.54, 1.807) is 6.08 Å². The van der Waals surface area contributed by atoms with Crippen LogP contribution in [0.3, 0.4) is 0 Å². The third-order valence-corrected chi connectivity index (χ3v) is 16.1. The molecule has 1 amide bonds. The average molecular weight is 1090 g/mol. The molecule has 0 spiro atoms. The lowest BCUT2D eigenvalue weighted by molar-refractivity contribution is -0.143. The Bertz CT molecular complexity index is 1310. The van der Waals surface area contributed by atoms with Crippen molar-refractivity contribution in [1.82, 2.24) is 5.32 Å². The van der Waals surface area contributed by atoms with Crippen molar-refractivity contribution in [3.63, 3.8) is 0 Å². The maximum atomic E-state index is 12.5. The third-order valence-electron chi connectivity index (χ3n) is 16.1. The molecule has 0 aromatic carbocycles. The normalized spacial score (nSPS) is 12.8. The number of hydrogen-bond acceptors (Lipinski definition) is 5. The summed E-state index contributed by atoms with van der Waals surface area (Å²) in [5.74, 6) is -0.0602. The Morgan fingerprint density at radius 1 is 0.359 bits per heavy atom. The highest BCUT2D eigenvalue weighted by Crippen LogP contribution is 2.18. The van der Waals surface area contributed by atoms with Gasteiger partial charge in [0.1, 0.15) is 0 Å². The lowest BCUT2D eigenvalue weighted by atomic mass is 10.0. The number of aliphatic hydroxyl groups excluding tert-OH is 2. The Hall–Kier alpha value is -2.18. The molecule has 6 heteroatoms. The maximum absolute atomic E-state index is 12.5. The largest absolute Gasteiger partial charge is 0.466 e. The Morgan fingerprint density at radius 2 is 0.641 bits per heavy atom. The lowest BCUT2D eigenvalue weighted by Gasteiger charge is -2.20. The van der Waals surface area contributed by atoms with Gasteiger partial charge < -0.3 is 20.3 Å². The van der Waals surface area contributed by atoms with Crippen LogP contribution in [0.2, 0.25) is 0 Å². The number of allylic oxidation sites excluding steroid dienone is 7. The van der Waals surface area contributed by atoms with Crippen LogP contribution in [0.25, 0.3) is 0 Å². The molecule has 0 radical (unpaired) electrons. The van der Waals surface area contributed by atoms with Gasteiger partial charge in [0, 0.05) is 12.8 Å². The van der Waals surface area contributed by atoms with Gasteiger partial charge >= 0.3 is 5.97 Å². The molecular weight excluding hydrogens is 959 g/mol. The van der Waals surface area contributed by atoms with Gasteiger partial charge in [-0.1, -0.05) is 319 Å². The van der Waals surface area contributed by atoms with Gasteiger partial charge in [-0.05, 0) is 89.9 Å². The molecule has 6 nitrogen and oxygen atoms in total. The Kier molecular flexibility index (Phi) is 65.4. The molecule has 0 saturated carbocycles. The first-order chi connectivity index (χ1) is 38.5. The van der Waals surface area contributed by atoms with Crippen LogP contribution < -0.4 is 5.32 Å². The van der Waals surface area contributed by atoms with Crippen molar-refractivity contribution < 1.29 is 24.5 Å². The molecular formula is C72H135NO5. The lowest BCUT2D eigenvalue weighted by Crippen LogP contribution is -2.45. The molecule has 3 N–H and O–H groups in total. The van der Waals surface area contributed by atoms with E-state index in [9.17, 15) is 19.8 Å². The second-order valence-electron chi connectivity index (χ2n) is 23.9. The summed E-state index contributed by atoms with van der Waals surface area (Å²) in [6, 6.07) is -0.625. The van der Waals surface area contributed by atoms with E-state index in [2.05, 4.69) is 55.6 Å².